The lowest BCUT2D eigenvalue weighted by atomic mass is 9.87. The second kappa shape index (κ2) is 5.35. The molecule has 0 spiro atoms. The maximum Gasteiger partial charge on any atom is 0.420 e. The smallest absolute Gasteiger partial charge is 0.420 e. The summed E-state index contributed by atoms with van der Waals surface area (Å²) in [5.41, 5.74) is -0.667. The highest BCUT2D eigenvalue weighted by Gasteiger charge is 2.38. The Morgan fingerprint density at radius 2 is 2.00 bits per heavy atom. The molecule has 0 aliphatic carbocycles. The van der Waals surface area contributed by atoms with E-state index in [1.807, 2.05) is 6.07 Å². The third-order valence-electron chi connectivity index (χ3n) is 1.87. The van der Waals surface area contributed by atoms with Gasteiger partial charge in [-0.1, -0.05) is 20.8 Å². The molecule has 6 heteroatoms. The quantitative estimate of drug-likeness (QED) is 0.781. The number of hydrogen-bond acceptors (Lipinski definition) is 4. The van der Waals surface area contributed by atoms with Crippen molar-refractivity contribution in [3.8, 4) is 6.07 Å². The molecule has 90 valence electrons. The fourth-order valence-electron chi connectivity index (χ4n) is 1.13. The molecule has 0 aliphatic rings. The molecule has 1 unspecified atom stereocenters. The highest BCUT2D eigenvalue weighted by molar-refractivity contribution is 5.87. The molecule has 0 fully saturated rings. The molecule has 6 nitrogen and oxygen atoms in total. The number of carboxylic acid groups (broad SMARTS) is 1. The Bertz CT molecular complexity index is 314. The van der Waals surface area contributed by atoms with E-state index in [1.54, 1.807) is 27.7 Å². The minimum absolute atomic E-state index is 0.0604. The molecule has 1 atom stereocenters. The summed E-state index contributed by atoms with van der Waals surface area (Å²) in [5, 5.41) is 17.8. The summed E-state index contributed by atoms with van der Waals surface area (Å²) in [6, 6.07) is 0.727. The molecular weight excluding hydrogens is 212 g/mol. The van der Waals surface area contributed by atoms with Crippen LogP contribution in [0, 0.1) is 16.7 Å². The lowest BCUT2D eigenvalue weighted by Gasteiger charge is -2.31. The number of hydrogen-bond donors (Lipinski definition) is 1. The summed E-state index contributed by atoms with van der Waals surface area (Å²) in [4.78, 5) is 22.8. The van der Waals surface area contributed by atoms with Crippen LogP contribution in [0.15, 0.2) is 0 Å². The zero-order valence-electron chi connectivity index (χ0n) is 9.85. The third-order valence-corrected chi connectivity index (χ3v) is 1.87. The SMILES string of the molecule is CCOC(=O)N(C(=O)O)C(C#N)C(C)(C)C. The van der Waals surface area contributed by atoms with Crippen LogP contribution in [0.4, 0.5) is 9.59 Å². The van der Waals surface area contributed by atoms with Gasteiger partial charge in [-0.15, -0.1) is 0 Å². The fourth-order valence-corrected chi connectivity index (χ4v) is 1.13. The average molecular weight is 228 g/mol. The van der Waals surface area contributed by atoms with Crippen molar-refractivity contribution >= 4 is 12.2 Å². The van der Waals surface area contributed by atoms with Gasteiger partial charge in [-0.25, -0.2) is 9.59 Å². The molecule has 0 saturated heterocycles. The summed E-state index contributed by atoms with van der Waals surface area (Å²) in [5.74, 6) is 0. The zero-order valence-corrected chi connectivity index (χ0v) is 9.85. The van der Waals surface area contributed by atoms with E-state index >= 15 is 0 Å². The zero-order chi connectivity index (χ0) is 12.9. The average Bonchev–Trinajstić information content (AvgIpc) is 2.11. The van der Waals surface area contributed by atoms with Gasteiger partial charge in [0.25, 0.3) is 0 Å². The van der Waals surface area contributed by atoms with Gasteiger partial charge >= 0.3 is 12.2 Å². The van der Waals surface area contributed by atoms with Crippen molar-refractivity contribution < 1.29 is 19.4 Å². The summed E-state index contributed by atoms with van der Waals surface area (Å²) in [7, 11) is 0. The van der Waals surface area contributed by atoms with E-state index in [-0.39, 0.29) is 6.61 Å². The van der Waals surface area contributed by atoms with Crippen LogP contribution < -0.4 is 0 Å². The molecule has 16 heavy (non-hydrogen) atoms. The monoisotopic (exact) mass is 228 g/mol. The molecule has 0 aromatic rings. The van der Waals surface area contributed by atoms with Crippen LogP contribution in [-0.2, 0) is 4.74 Å². The Morgan fingerprint density at radius 1 is 1.50 bits per heavy atom. The van der Waals surface area contributed by atoms with Gasteiger partial charge in [-0.2, -0.15) is 10.2 Å². The third kappa shape index (κ3) is 3.42. The summed E-state index contributed by atoms with van der Waals surface area (Å²) < 4.78 is 4.60. The number of rotatable bonds is 2. The number of amides is 2. The first-order chi connectivity index (χ1) is 7.25. The van der Waals surface area contributed by atoms with E-state index < -0.39 is 23.6 Å². The molecule has 0 aromatic heterocycles. The Hall–Kier alpha value is -1.77. The minimum Gasteiger partial charge on any atom is -0.464 e. The molecule has 0 aromatic carbocycles. The van der Waals surface area contributed by atoms with Gasteiger partial charge in [-0.3, -0.25) is 0 Å². The first-order valence-corrected chi connectivity index (χ1v) is 4.84. The van der Waals surface area contributed by atoms with Gasteiger partial charge in [0.2, 0.25) is 0 Å². The van der Waals surface area contributed by atoms with Crippen molar-refractivity contribution in [3.63, 3.8) is 0 Å². The van der Waals surface area contributed by atoms with Crippen LogP contribution in [0.2, 0.25) is 0 Å². The van der Waals surface area contributed by atoms with Crippen molar-refractivity contribution in [2.24, 2.45) is 5.41 Å². The van der Waals surface area contributed by atoms with Crippen molar-refractivity contribution in [2.75, 3.05) is 6.61 Å². The predicted octanol–water partition coefficient (Wildman–Crippen LogP) is 2.06. The normalized spacial score (nSPS) is 12.4. The molecule has 0 bridgehead atoms. The van der Waals surface area contributed by atoms with Gasteiger partial charge in [0, 0.05) is 0 Å². The molecular formula is C10H16N2O4. The molecule has 0 radical (unpaired) electrons. The second-order valence-electron chi connectivity index (χ2n) is 4.25. The van der Waals surface area contributed by atoms with E-state index in [9.17, 15) is 9.59 Å². The number of nitrogens with zero attached hydrogens (tertiary/aromatic N) is 2. The number of carbonyl (C=O) groups excluding carboxylic acids is 1. The lowest BCUT2D eigenvalue weighted by Crippen LogP contribution is -2.49. The molecule has 1 N–H and O–H groups in total. The minimum atomic E-state index is -1.49. The van der Waals surface area contributed by atoms with Crippen molar-refractivity contribution in [3.05, 3.63) is 0 Å². The predicted molar refractivity (Wildman–Crippen MR) is 55.7 cm³/mol. The van der Waals surface area contributed by atoms with Crippen LogP contribution in [0.25, 0.3) is 0 Å². The van der Waals surface area contributed by atoms with Crippen LogP contribution in [0.3, 0.4) is 0 Å². The molecule has 0 heterocycles. The van der Waals surface area contributed by atoms with Crippen molar-refractivity contribution in [2.45, 2.75) is 33.7 Å². The Balaban J connectivity index is 5.13. The molecule has 2 amide bonds. The van der Waals surface area contributed by atoms with Crippen LogP contribution in [-0.4, -0.2) is 34.8 Å². The maximum atomic E-state index is 11.4. The van der Waals surface area contributed by atoms with Gasteiger partial charge in [0.05, 0.1) is 12.7 Å². The Labute approximate surface area is 94.4 Å². The van der Waals surface area contributed by atoms with Crippen molar-refractivity contribution in [1.29, 1.82) is 5.26 Å². The van der Waals surface area contributed by atoms with Gasteiger partial charge in [0.1, 0.15) is 6.04 Å². The van der Waals surface area contributed by atoms with Gasteiger partial charge < -0.3 is 9.84 Å². The number of ether oxygens (including phenoxy) is 1. The van der Waals surface area contributed by atoms with E-state index in [0.29, 0.717) is 4.90 Å². The Morgan fingerprint density at radius 3 is 2.25 bits per heavy atom. The lowest BCUT2D eigenvalue weighted by molar-refractivity contribution is 0.0717. The molecule has 0 rings (SSSR count). The second-order valence-corrected chi connectivity index (χ2v) is 4.25. The van der Waals surface area contributed by atoms with E-state index in [4.69, 9.17) is 10.4 Å². The van der Waals surface area contributed by atoms with E-state index in [1.165, 1.54) is 0 Å². The highest BCUT2D eigenvalue weighted by Crippen LogP contribution is 2.24. The Kier molecular flexibility index (Phi) is 4.76. The summed E-state index contributed by atoms with van der Waals surface area (Å²) in [6.07, 6.45) is -2.50. The van der Waals surface area contributed by atoms with Gasteiger partial charge in [-0.05, 0) is 12.3 Å². The molecule has 0 aliphatic heterocycles. The molecule has 0 saturated carbocycles. The van der Waals surface area contributed by atoms with Crippen LogP contribution >= 0.6 is 0 Å². The van der Waals surface area contributed by atoms with E-state index in [2.05, 4.69) is 4.74 Å². The first-order valence-electron chi connectivity index (χ1n) is 4.84. The largest absolute Gasteiger partial charge is 0.464 e. The number of nitriles is 1. The number of carbonyl (C=O) groups is 2. The van der Waals surface area contributed by atoms with Crippen LogP contribution in [0.5, 0.6) is 0 Å². The van der Waals surface area contributed by atoms with Crippen molar-refractivity contribution in [1.82, 2.24) is 4.90 Å². The number of imide groups is 1. The summed E-state index contributed by atoms with van der Waals surface area (Å²) >= 11 is 0. The highest BCUT2D eigenvalue weighted by atomic mass is 16.6. The fraction of sp³-hybridized carbons (Fsp3) is 0.700. The standard InChI is InChI=1S/C10H16N2O4/c1-5-16-9(15)12(8(13)14)7(6-11)10(2,3)4/h7H,5H2,1-4H3,(H,13,14). The summed E-state index contributed by atoms with van der Waals surface area (Å²) in [6.45, 7) is 6.66. The van der Waals surface area contributed by atoms with E-state index in [0.717, 1.165) is 0 Å². The van der Waals surface area contributed by atoms with Crippen LogP contribution in [0.1, 0.15) is 27.7 Å². The topological polar surface area (TPSA) is 90.6 Å². The maximum absolute atomic E-state index is 11.4. The van der Waals surface area contributed by atoms with Gasteiger partial charge in [0.15, 0.2) is 0 Å². The first kappa shape index (κ1) is 14.2.